The van der Waals surface area contributed by atoms with Crippen LogP contribution in [0.2, 0.25) is 0 Å². The summed E-state index contributed by atoms with van der Waals surface area (Å²) in [5.74, 6) is 0.172. The fraction of sp³-hybridized carbons (Fsp3) is 0.875. The number of hydrogen-bond donors (Lipinski definition) is 2. The molecule has 0 aromatic heterocycles. The smallest absolute Gasteiger partial charge is 0.221 e. The van der Waals surface area contributed by atoms with Crippen molar-refractivity contribution < 1.29 is 4.79 Å². The summed E-state index contributed by atoms with van der Waals surface area (Å²) in [5, 5.41) is 6.17. The van der Waals surface area contributed by atoms with Gasteiger partial charge in [-0.05, 0) is 13.3 Å². The average Bonchev–Trinajstić information content (AvgIpc) is 2.35. The van der Waals surface area contributed by atoms with Gasteiger partial charge in [0, 0.05) is 25.0 Å². The van der Waals surface area contributed by atoms with Crippen LogP contribution in [0.4, 0.5) is 0 Å². The third-order valence-electron chi connectivity index (χ3n) is 2.11. The quantitative estimate of drug-likeness (QED) is 0.615. The molecular weight excluding hydrogens is 140 g/mol. The maximum absolute atomic E-state index is 10.8. The summed E-state index contributed by atoms with van der Waals surface area (Å²) in [6.45, 7) is 5.08. The van der Waals surface area contributed by atoms with Crippen molar-refractivity contribution in [3.8, 4) is 0 Å². The van der Waals surface area contributed by atoms with Crippen LogP contribution < -0.4 is 10.6 Å². The highest BCUT2D eigenvalue weighted by atomic mass is 16.1. The predicted octanol–water partition coefficient (Wildman–Crippen LogP) is 0.263. The molecule has 0 bridgehead atoms. The molecular formula is C8H16N2O. The predicted molar refractivity (Wildman–Crippen MR) is 44.3 cm³/mol. The topological polar surface area (TPSA) is 41.1 Å². The first-order valence-electron chi connectivity index (χ1n) is 4.25. The maximum atomic E-state index is 10.8. The summed E-state index contributed by atoms with van der Waals surface area (Å²) in [4.78, 5) is 10.8. The zero-order valence-corrected chi connectivity index (χ0v) is 7.18. The maximum Gasteiger partial charge on any atom is 0.221 e. The standard InChI is InChI=1S/C8H16N2O/c1-3-6(2)10-7-4-8(11)9-5-7/h6-7,10H,3-5H2,1-2H3,(H,9,11)/t6?,7-/m0/s1. The number of amides is 1. The van der Waals surface area contributed by atoms with Gasteiger partial charge in [0.2, 0.25) is 5.91 Å². The molecule has 2 atom stereocenters. The summed E-state index contributed by atoms with van der Waals surface area (Å²) < 4.78 is 0. The summed E-state index contributed by atoms with van der Waals surface area (Å²) in [7, 11) is 0. The van der Waals surface area contributed by atoms with Crippen LogP contribution in [0.3, 0.4) is 0 Å². The van der Waals surface area contributed by atoms with Gasteiger partial charge in [-0.1, -0.05) is 6.92 Å². The van der Waals surface area contributed by atoms with E-state index in [1.54, 1.807) is 0 Å². The summed E-state index contributed by atoms with van der Waals surface area (Å²) >= 11 is 0. The van der Waals surface area contributed by atoms with Crippen molar-refractivity contribution in [3.63, 3.8) is 0 Å². The number of hydrogen-bond acceptors (Lipinski definition) is 2. The molecule has 11 heavy (non-hydrogen) atoms. The van der Waals surface area contributed by atoms with Crippen LogP contribution in [0.5, 0.6) is 0 Å². The van der Waals surface area contributed by atoms with Crippen molar-refractivity contribution in [2.45, 2.75) is 38.8 Å². The van der Waals surface area contributed by atoms with E-state index in [1.807, 2.05) is 0 Å². The second-order valence-corrected chi connectivity index (χ2v) is 3.18. The van der Waals surface area contributed by atoms with Gasteiger partial charge in [-0.2, -0.15) is 0 Å². The van der Waals surface area contributed by atoms with Crippen molar-refractivity contribution in [3.05, 3.63) is 0 Å². The Morgan fingerprint density at radius 3 is 3.00 bits per heavy atom. The first-order valence-corrected chi connectivity index (χ1v) is 4.25. The summed E-state index contributed by atoms with van der Waals surface area (Å²) in [5.41, 5.74) is 0. The summed E-state index contributed by atoms with van der Waals surface area (Å²) in [6, 6.07) is 0.880. The van der Waals surface area contributed by atoms with Gasteiger partial charge in [-0.25, -0.2) is 0 Å². The van der Waals surface area contributed by atoms with Gasteiger partial charge in [-0.3, -0.25) is 4.79 Å². The Morgan fingerprint density at radius 2 is 2.55 bits per heavy atom. The lowest BCUT2D eigenvalue weighted by Crippen LogP contribution is -2.37. The molecule has 3 heteroatoms. The van der Waals surface area contributed by atoms with Crippen LogP contribution in [0, 0.1) is 0 Å². The fourth-order valence-electron chi connectivity index (χ4n) is 1.24. The molecule has 1 aliphatic rings. The Morgan fingerprint density at radius 1 is 1.82 bits per heavy atom. The largest absolute Gasteiger partial charge is 0.354 e. The lowest BCUT2D eigenvalue weighted by Gasteiger charge is -2.15. The Bertz CT molecular complexity index is 147. The number of carbonyl (C=O) groups is 1. The highest BCUT2D eigenvalue weighted by Crippen LogP contribution is 2.01. The van der Waals surface area contributed by atoms with E-state index in [1.165, 1.54) is 0 Å². The summed E-state index contributed by atoms with van der Waals surface area (Å²) in [6.07, 6.45) is 1.76. The Hall–Kier alpha value is -0.570. The van der Waals surface area contributed by atoms with E-state index in [9.17, 15) is 4.79 Å². The molecule has 1 aliphatic heterocycles. The zero-order chi connectivity index (χ0) is 8.27. The molecule has 0 aromatic carbocycles. The fourth-order valence-corrected chi connectivity index (χ4v) is 1.24. The van der Waals surface area contributed by atoms with Gasteiger partial charge in [0.05, 0.1) is 0 Å². The number of rotatable bonds is 3. The molecule has 2 N–H and O–H groups in total. The van der Waals surface area contributed by atoms with Crippen molar-refractivity contribution in [1.82, 2.24) is 10.6 Å². The molecule has 1 fully saturated rings. The van der Waals surface area contributed by atoms with Crippen molar-refractivity contribution in [2.75, 3.05) is 6.54 Å². The average molecular weight is 156 g/mol. The highest BCUT2D eigenvalue weighted by molar-refractivity contribution is 5.78. The van der Waals surface area contributed by atoms with Crippen LogP contribution in [0.25, 0.3) is 0 Å². The third kappa shape index (κ3) is 2.50. The van der Waals surface area contributed by atoms with E-state index >= 15 is 0 Å². The molecule has 0 radical (unpaired) electrons. The van der Waals surface area contributed by atoms with E-state index in [0.717, 1.165) is 13.0 Å². The van der Waals surface area contributed by atoms with E-state index < -0.39 is 0 Å². The molecule has 64 valence electrons. The Kier molecular flexibility index (Phi) is 2.88. The van der Waals surface area contributed by atoms with Gasteiger partial charge >= 0.3 is 0 Å². The molecule has 0 spiro atoms. The van der Waals surface area contributed by atoms with Crippen LogP contribution in [0.1, 0.15) is 26.7 Å². The molecule has 1 unspecified atom stereocenters. The molecule has 1 rings (SSSR count). The normalized spacial score (nSPS) is 26.7. The third-order valence-corrected chi connectivity index (χ3v) is 2.11. The van der Waals surface area contributed by atoms with Gasteiger partial charge in [-0.15, -0.1) is 0 Å². The van der Waals surface area contributed by atoms with E-state index in [-0.39, 0.29) is 5.91 Å². The second-order valence-electron chi connectivity index (χ2n) is 3.18. The number of carbonyl (C=O) groups excluding carboxylic acids is 1. The van der Waals surface area contributed by atoms with Crippen molar-refractivity contribution >= 4 is 5.91 Å². The Balaban J connectivity index is 2.22. The molecule has 3 nitrogen and oxygen atoms in total. The Labute approximate surface area is 67.5 Å². The molecule has 1 amide bonds. The van der Waals surface area contributed by atoms with Crippen LogP contribution in [0.15, 0.2) is 0 Å². The minimum atomic E-state index is 0.172. The minimum absolute atomic E-state index is 0.172. The van der Waals surface area contributed by atoms with Crippen LogP contribution >= 0.6 is 0 Å². The minimum Gasteiger partial charge on any atom is -0.354 e. The van der Waals surface area contributed by atoms with Crippen molar-refractivity contribution in [2.24, 2.45) is 0 Å². The van der Waals surface area contributed by atoms with Gasteiger partial charge < -0.3 is 10.6 Å². The SMILES string of the molecule is CCC(C)N[C@@H]1CNC(=O)C1. The van der Waals surface area contributed by atoms with Gasteiger partial charge in [0.1, 0.15) is 0 Å². The zero-order valence-electron chi connectivity index (χ0n) is 7.18. The molecule has 0 saturated carbocycles. The lowest BCUT2D eigenvalue weighted by atomic mass is 10.2. The van der Waals surface area contributed by atoms with Gasteiger partial charge in [0.25, 0.3) is 0 Å². The molecule has 1 heterocycles. The highest BCUT2D eigenvalue weighted by Gasteiger charge is 2.21. The van der Waals surface area contributed by atoms with E-state index in [2.05, 4.69) is 24.5 Å². The number of nitrogens with one attached hydrogen (secondary N) is 2. The molecule has 0 aromatic rings. The van der Waals surface area contributed by atoms with Crippen molar-refractivity contribution in [1.29, 1.82) is 0 Å². The van der Waals surface area contributed by atoms with Crippen LogP contribution in [-0.2, 0) is 4.79 Å². The first-order chi connectivity index (χ1) is 5.22. The monoisotopic (exact) mass is 156 g/mol. The molecule has 0 aliphatic carbocycles. The lowest BCUT2D eigenvalue weighted by molar-refractivity contribution is -0.119. The van der Waals surface area contributed by atoms with Gasteiger partial charge in [0.15, 0.2) is 0 Å². The van der Waals surface area contributed by atoms with E-state index in [4.69, 9.17) is 0 Å². The second kappa shape index (κ2) is 3.72. The van der Waals surface area contributed by atoms with E-state index in [0.29, 0.717) is 18.5 Å². The molecule has 1 saturated heterocycles. The van der Waals surface area contributed by atoms with Crippen LogP contribution in [-0.4, -0.2) is 24.5 Å². The first kappa shape index (κ1) is 8.53.